The van der Waals surface area contributed by atoms with Crippen molar-refractivity contribution in [1.29, 1.82) is 0 Å². The molecule has 0 bridgehead atoms. The monoisotopic (exact) mass is 251 g/mol. The lowest BCUT2D eigenvalue weighted by molar-refractivity contribution is 0.513. The van der Waals surface area contributed by atoms with Gasteiger partial charge in [-0.15, -0.1) is 0 Å². The minimum absolute atomic E-state index is 0.212. The summed E-state index contributed by atoms with van der Waals surface area (Å²) in [4.78, 5) is 0. The molecule has 1 unspecified atom stereocenters. The third-order valence-corrected chi connectivity index (χ3v) is 3.05. The number of nitrogens with zero attached hydrogens (tertiary/aromatic N) is 4. The molecule has 0 fully saturated rings. The Morgan fingerprint density at radius 1 is 1.53 bits per heavy atom. The molecule has 1 N–H and O–H groups in total. The summed E-state index contributed by atoms with van der Waals surface area (Å²) in [6, 6.07) is 2.25. The highest BCUT2D eigenvalue weighted by atomic mass is 32.1. The molecule has 0 aliphatic heterocycles. The minimum atomic E-state index is 0.212. The van der Waals surface area contributed by atoms with E-state index in [9.17, 15) is 0 Å². The number of hydrogen-bond acceptors (Lipinski definition) is 5. The Bertz CT molecular complexity index is 436. The van der Waals surface area contributed by atoms with Gasteiger partial charge in [0.05, 0.1) is 35.4 Å². The van der Waals surface area contributed by atoms with Crippen LogP contribution in [0, 0.1) is 0 Å². The smallest absolute Gasteiger partial charge is 0.0916 e. The van der Waals surface area contributed by atoms with Crippen molar-refractivity contribution >= 4 is 11.7 Å². The van der Waals surface area contributed by atoms with E-state index in [0.717, 1.165) is 30.8 Å². The van der Waals surface area contributed by atoms with Gasteiger partial charge in [0.2, 0.25) is 0 Å². The first kappa shape index (κ1) is 12.2. The van der Waals surface area contributed by atoms with Gasteiger partial charge in [-0.3, -0.25) is 4.68 Å². The van der Waals surface area contributed by atoms with Crippen LogP contribution in [-0.4, -0.2) is 25.1 Å². The van der Waals surface area contributed by atoms with Crippen LogP contribution in [0.3, 0.4) is 0 Å². The summed E-state index contributed by atoms with van der Waals surface area (Å²) in [5, 5.41) is 7.88. The van der Waals surface area contributed by atoms with Crippen LogP contribution in [0.1, 0.15) is 30.8 Å². The third kappa shape index (κ3) is 3.34. The highest BCUT2D eigenvalue weighted by Crippen LogP contribution is 2.15. The average molecular weight is 251 g/mol. The molecule has 0 spiro atoms. The van der Waals surface area contributed by atoms with Gasteiger partial charge in [0.1, 0.15) is 0 Å². The fourth-order valence-corrected chi connectivity index (χ4v) is 2.18. The maximum Gasteiger partial charge on any atom is 0.0916 e. The van der Waals surface area contributed by atoms with E-state index in [4.69, 9.17) is 0 Å². The molecule has 5 nitrogen and oxygen atoms in total. The zero-order chi connectivity index (χ0) is 12.1. The van der Waals surface area contributed by atoms with Gasteiger partial charge >= 0.3 is 0 Å². The molecule has 1 atom stereocenters. The third-order valence-electron chi connectivity index (χ3n) is 2.56. The van der Waals surface area contributed by atoms with E-state index in [1.807, 2.05) is 30.2 Å². The first-order valence-corrected chi connectivity index (χ1v) is 6.52. The lowest BCUT2D eigenvalue weighted by Gasteiger charge is -2.14. The zero-order valence-corrected chi connectivity index (χ0v) is 10.9. The predicted octanol–water partition coefficient (Wildman–Crippen LogP) is 1.55. The first-order chi connectivity index (χ1) is 8.29. The number of aryl methyl sites for hydroxylation is 1. The Hall–Kier alpha value is -1.27. The van der Waals surface area contributed by atoms with Gasteiger partial charge in [-0.1, -0.05) is 6.92 Å². The molecule has 2 rings (SSSR count). The number of hydrogen-bond donors (Lipinski definition) is 1. The molecule has 0 saturated heterocycles. The molecule has 0 aliphatic rings. The molecule has 6 heteroatoms. The summed E-state index contributed by atoms with van der Waals surface area (Å²) in [5.41, 5.74) is 2.09. The second kappa shape index (κ2) is 5.88. The van der Waals surface area contributed by atoms with Gasteiger partial charge in [-0.2, -0.15) is 13.8 Å². The fraction of sp³-hybridized carbons (Fsp3) is 0.545. The Kier molecular flexibility index (Phi) is 4.22. The van der Waals surface area contributed by atoms with Crippen LogP contribution >= 0.6 is 11.7 Å². The Morgan fingerprint density at radius 3 is 3.00 bits per heavy atom. The van der Waals surface area contributed by atoms with E-state index in [1.54, 1.807) is 0 Å². The second-order valence-corrected chi connectivity index (χ2v) is 4.58. The van der Waals surface area contributed by atoms with Crippen LogP contribution in [-0.2, 0) is 13.5 Å². The molecule has 2 aromatic heterocycles. The fourth-order valence-electron chi connectivity index (χ4n) is 1.71. The van der Waals surface area contributed by atoms with Gasteiger partial charge in [-0.25, -0.2) is 0 Å². The van der Waals surface area contributed by atoms with Gasteiger partial charge < -0.3 is 5.32 Å². The maximum absolute atomic E-state index is 4.40. The van der Waals surface area contributed by atoms with Crippen molar-refractivity contribution in [2.75, 3.05) is 6.54 Å². The van der Waals surface area contributed by atoms with Crippen molar-refractivity contribution in [2.24, 2.45) is 7.05 Å². The van der Waals surface area contributed by atoms with Gasteiger partial charge in [0, 0.05) is 19.7 Å². The quantitative estimate of drug-likeness (QED) is 0.846. The number of nitrogens with one attached hydrogen (secondary N) is 1. The highest BCUT2D eigenvalue weighted by Gasteiger charge is 2.15. The summed E-state index contributed by atoms with van der Waals surface area (Å²) in [6.45, 7) is 3.14. The Balaban J connectivity index is 2.05. The summed E-state index contributed by atoms with van der Waals surface area (Å²) in [6.07, 6.45) is 5.76. The van der Waals surface area contributed by atoms with Gasteiger partial charge in [-0.05, 0) is 19.0 Å². The lowest BCUT2D eigenvalue weighted by atomic mass is 10.1. The summed E-state index contributed by atoms with van der Waals surface area (Å²) in [5.74, 6) is 0. The first-order valence-electron chi connectivity index (χ1n) is 5.79. The molecular weight excluding hydrogens is 234 g/mol. The largest absolute Gasteiger partial charge is 0.308 e. The molecule has 2 heterocycles. The minimum Gasteiger partial charge on any atom is -0.308 e. The molecule has 92 valence electrons. The van der Waals surface area contributed by atoms with E-state index in [-0.39, 0.29) is 6.04 Å². The maximum atomic E-state index is 4.40. The van der Waals surface area contributed by atoms with E-state index in [2.05, 4.69) is 26.1 Å². The standard InChI is InChI=1S/C11H17N5S/c1-3-5-12-10(11-8-13-17-15-11)7-9-4-6-16(2)14-9/h4,6,8,10,12H,3,5,7H2,1-2H3. The molecule has 2 aromatic rings. The summed E-state index contributed by atoms with van der Waals surface area (Å²) < 4.78 is 10.2. The topological polar surface area (TPSA) is 55.6 Å². The van der Waals surface area contributed by atoms with Crippen molar-refractivity contribution in [3.63, 3.8) is 0 Å². The SMILES string of the molecule is CCCNC(Cc1ccn(C)n1)c1cnsn1. The molecule has 0 amide bonds. The number of rotatable bonds is 6. The molecule has 0 saturated carbocycles. The molecule has 0 radical (unpaired) electrons. The van der Waals surface area contributed by atoms with E-state index in [0.29, 0.717) is 0 Å². The molecule has 17 heavy (non-hydrogen) atoms. The van der Waals surface area contributed by atoms with E-state index in [1.165, 1.54) is 11.7 Å². The van der Waals surface area contributed by atoms with Crippen LogP contribution in [0.2, 0.25) is 0 Å². The Morgan fingerprint density at radius 2 is 2.41 bits per heavy atom. The van der Waals surface area contributed by atoms with Crippen LogP contribution < -0.4 is 5.32 Å². The normalized spacial score (nSPS) is 12.8. The average Bonchev–Trinajstić information content (AvgIpc) is 2.95. The Labute approximate surface area is 105 Å². The van der Waals surface area contributed by atoms with Crippen molar-refractivity contribution < 1.29 is 0 Å². The van der Waals surface area contributed by atoms with Crippen LogP contribution in [0.25, 0.3) is 0 Å². The predicted molar refractivity (Wildman–Crippen MR) is 67.9 cm³/mol. The van der Waals surface area contributed by atoms with Crippen molar-refractivity contribution in [2.45, 2.75) is 25.8 Å². The van der Waals surface area contributed by atoms with Gasteiger partial charge in [0.15, 0.2) is 0 Å². The van der Waals surface area contributed by atoms with Crippen molar-refractivity contribution in [3.05, 3.63) is 29.8 Å². The lowest BCUT2D eigenvalue weighted by Crippen LogP contribution is -2.24. The van der Waals surface area contributed by atoms with Crippen LogP contribution in [0.15, 0.2) is 18.5 Å². The molecular formula is C11H17N5S. The van der Waals surface area contributed by atoms with E-state index < -0.39 is 0 Å². The van der Waals surface area contributed by atoms with Crippen molar-refractivity contribution in [1.82, 2.24) is 23.8 Å². The highest BCUT2D eigenvalue weighted by molar-refractivity contribution is 6.99. The second-order valence-electron chi connectivity index (χ2n) is 4.02. The van der Waals surface area contributed by atoms with Crippen molar-refractivity contribution in [3.8, 4) is 0 Å². The summed E-state index contributed by atoms with van der Waals surface area (Å²) in [7, 11) is 1.93. The summed E-state index contributed by atoms with van der Waals surface area (Å²) >= 11 is 1.25. The van der Waals surface area contributed by atoms with Crippen LogP contribution in [0.4, 0.5) is 0 Å². The number of aromatic nitrogens is 4. The van der Waals surface area contributed by atoms with Crippen LogP contribution in [0.5, 0.6) is 0 Å². The molecule has 0 aliphatic carbocycles. The molecule has 0 aromatic carbocycles. The zero-order valence-electron chi connectivity index (χ0n) is 10.1. The van der Waals surface area contributed by atoms with Gasteiger partial charge in [0.25, 0.3) is 0 Å². The van der Waals surface area contributed by atoms with E-state index >= 15 is 0 Å².